The molecule has 7 nitrogen and oxygen atoms in total. The van der Waals surface area contributed by atoms with E-state index in [0.717, 1.165) is 24.8 Å². The fraction of sp³-hybridized carbons (Fsp3) is 0.667. The van der Waals surface area contributed by atoms with Gasteiger partial charge in [0, 0.05) is 25.7 Å². The molecule has 5 rings (SSSR count). The molecule has 2 bridgehead atoms. The summed E-state index contributed by atoms with van der Waals surface area (Å²) in [6.07, 6.45) is 7.16. The van der Waals surface area contributed by atoms with E-state index in [4.69, 9.17) is 5.73 Å². The number of nitrogens with zero attached hydrogens (tertiary/aromatic N) is 4. The molecule has 0 radical (unpaired) electrons. The molecule has 2 N–H and O–H groups in total. The van der Waals surface area contributed by atoms with Crippen LogP contribution in [0.1, 0.15) is 63.5 Å². The topological polar surface area (TPSA) is 93.7 Å². The molecule has 35 heavy (non-hydrogen) atoms. The van der Waals surface area contributed by atoms with E-state index in [9.17, 15) is 19.2 Å². The standard InChI is InChI=1S/C27H36FN5O2/c1-17-11-21(13-29)32(14-17)26(34)23(30)16-31-15-22-12-24(31)27(35)33(22)25(18-5-3-2-4-6-18)19-7-9-20(28)10-8-19/h7-10,17-18,21-25H,2-6,11-12,14-16,30H2,1H3/t17?,21?,22-,23?,24?,25?/m0/s1. The first-order valence-electron chi connectivity index (χ1n) is 13.1. The fourth-order valence-electron chi connectivity index (χ4n) is 6.98. The van der Waals surface area contributed by atoms with Gasteiger partial charge in [0.05, 0.1) is 24.2 Å². The Labute approximate surface area is 207 Å². The molecule has 4 aliphatic rings. The van der Waals surface area contributed by atoms with Gasteiger partial charge in [0.25, 0.3) is 0 Å². The van der Waals surface area contributed by atoms with Gasteiger partial charge in [0.1, 0.15) is 11.9 Å². The number of nitriles is 1. The second-order valence-corrected chi connectivity index (χ2v) is 11.1. The first kappa shape index (κ1) is 24.2. The number of benzene rings is 1. The fourth-order valence-corrected chi connectivity index (χ4v) is 6.98. The third-order valence-corrected chi connectivity index (χ3v) is 8.61. The second kappa shape index (κ2) is 9.87. The SMILES string of the molecule is CC1CC(C#N)N(C(=O)C(N)CN2C[C@@H]3CC2C(=O)N3C(c2ccc(F)cc2)C2CCCCC2)C1. The van der Waals surface area contributed by atoms with Crippen LogP contribution in [0.25, 0.3) is 0 Å². The van der Waals surface area contributed by atoms with Gasteiger partial charge in [-0.2, -0.15) is 5.26 Å². The van der Waals surface area contributed by atoms with E-state index in [0.29, 0.717) is 32.0 Å². The highest BCUT2D eigenvalue weighted by molar-refractivity contribution is 5.87. The zero-order chi connectivity index (χ0) is 24.7. The molecule has 3 aliphatic heterocycles. The van der Waals surface area contributed by atoms with E-state index >= 15 is 0 Å². The number of carbonyl (C=O) groups is 2. The Morgan fingerprint density at radius 2 is 1.89 bits per heavy atom. The monoisotopic (exact) mass is 481 g/mol. The lowest BCUT2D eigenvalue weighted by molar-refractivity contribution is -0.142. The van der Waals surface area contributed by atoms with Crippen LogP contribution < -0.4 is 5.73 Å². The van der Waals surface area contributed by atoms with Gasteiger partial charge in [-0.15, -0.1) is 0 Å². The lowest BCUT2D eigenvalue weighted by Gasteiger charge is -2.43. The molecule has 3 heterocycles. The summed E-state index contributed by atoms with van der Waals surface area (Å²) >= 11 is 0. The third-order valence-electron chi connectivity index (χ3n) is 8.61. The van der Waals surface area contributed by atoms with Crippen molar-refractivity contribution in [1.29, 1.82) is 5.26 Å². The normalized spacial score (nSPS) is 31.1. The van der Waals surface area contributed by atoms with Crippen LogP contribution in [0, 0.1) is 29.0 Å². The summed E-state index contributed by atoms with van der Waals surface area (Å²) in [7, 11) is 0. The maximum Gasteiger partial charge on any atom is 0.241 e. The van der Waals surface area contributed by atoms with Crippen molar-refractivity contribution in [2.45, 2.75) is 82.1 Å². The minimum Gasteiger partial charge on any atom is -0.330 e. The van der Waals surface area contributed by atoms with E-state index in [-0.39, 0.29) is 41.7 Å². The first-order valence-corrected chi connectivity index (χ1v) is 13.1. The Balaban J connectivity index is 1.29. The van der Waals surface area contributed by atoms with Crippen molar-refractivity contribution in [2.75, 3.05) is 19.6 Å². The van der Waals surface area contributed by atoms with Gasteiger partial charge in [0.2, 0.25) is 11.8 Å². The molecule has 188 valence electrons. The van der Waals surface area contributed by atoms with Crippen LogP contribution in [0.5, 0.6) is 0 Å². The molecule has 1 aromatic rings. The molecular formula is C27H36FN5O2. The molecule has 0 spiro atoms. The lowest BCUT2D eigenvalue weighted by atomic mass is 9.80. The second-order valence-electron chi connectivity index (χ2n) is 11.1. The molecule has 3 saturated heterocycles. The average molecular weight is 482 g/mol. The lowest BCUT2D eigenvalue weighted by Crippen LogP contribution is -2.57. The number of hydrogen-bond acceptors (Lipinski definition) is 5. The number of nitrogens with two attached hydrogens (primary N) is 1. The van der Waals surface area contributed by atoms with Crippen molar-refractivity contribution in [3.63, 3.8) is 0 Å². The van der Waals surface area contributed by atoms with Crippen LogP contribution >= 0.6 is 0 Å². The molecular weight excluding hydrogens is 445 g/mol. The highest BCUT2D eigenvalue weighted by Crippen LogP contribution is 2.45. The van der Waals surface area contributed by atoms with Gasteiger partial charge in [-0.05, 0) is 55.2 Å². The minimum atomic E-state index is -0.747. The number of rotatable bonds is 6. The van der Waals surface area contributed by atoms with Crippen molar-refractivity contribution in [3.8, 4) is 6.07 Å². The summed E-state index contributed by atoms with van der Waals surface area (Å²) < 4.78 is 13.7. The summed E-state index contributed by atoms with van der Waals surface area (Å²) in [6.45, 7) is 3.62. The predicted molar refractivity (Wildman–Crippen MR) is 129 cm³/mol. The van der Waals surface area contributed by atoms with Gasteiger partial charge in [-0.3, -0.25) is 14.5 Å². The van der Waals surface area contributed by atoms with Crippen molar-refractivity contribution < 1.29 is 14.0 Å². The molecule has 4 fully saturated rings. The highest BCUT2D eigenvalue weighted by Gasteiger charge is 2.53. The van der Waals surface area contributed by atoms with E-state index in [1.54, 1.807) is 4.90 Å². The molecule has 1 aliphatic carbocycles. The molecule has 8 heteroatoms. The smallest absolute Gasteiger partial charge is 0.241 e. The Kier molecular flexibility index (Phi) is 6.82. The number of piperazine rings is 1. The van der Waals surface area contributed by atoms with Crippen molar-refractivity contribution in [3.05, 3.63) is 35.6 Å². The number of hydrogen-bond donors (Lipinski definition) is 1. The van der Waals surface area contributed by atoms with E-state index in [1.165, 1.54) is 31.4 Å². The summed E-state index contributed by atoms with van der Waals surface area (Å²) in [4.78, 5) is 32.5. The van der Waals surface area contributed by atoms with Gasteiger partial charge < -0.3 is 15.5 Å². The van der Waals surface area contributed by atoms with E-state index in [1.807, 2.05) is 19.1 Å². The summed E-state index contributed by atoms with van der Waals surface area (Å²) in [5.74, 6) is 0.318. The zero-order valence-corrected chi connectivity index (χ0v) is 20.5. The Morgan fingerprint density at radius 3 is 2.54 bits per heavy atom. The first-order chi connectivity index (χ1) is 16.9. The molecule has 5 unspecified atom stereocenters. The molecule has 1 aromatic carbocycles. The molecule has 1 saturated carbocycles. The maximum atomic E-state index is 13.7. The Hall–Kier alpha value is -2.50. The third kappa shape index (κ3) is 4.56. The van der Waals surface area contributed by atoms with Crippen molar-refractivity contribution in [2.24, 2.45) is 17.6 Å². The van der Waals surface area contributed by atoms with E-state index < -0.39 is 12.1 Å². The van der Waals surface area contributed by atoms with Crippen molar-refractivity contribution in [1.82, 2.24) is 14.7 Å². The number of carbonyl (C=O) groups excluding carboxylic acids is 2. The quantitative estimate of drug-likeness (QED) is 0.674. The number of likely N-dealkylation sites (tertiary alicyclic amines) is 3. The zero-order valence-electron chi connectivity index (χ0n) is 20.5. The van der Waals surface area contributed by atoms with Crippen LogP contribution in [-0.2, 0) is 9.59 Å². The summed E-state index contributed by atoms with van der Waals surface area (Å²) in [5.41, 5.74) is 7.35. The van der Waals surface area contributed by atoms with Crippen LogP contribution in [0.3, 0.4) is 0 Å². The average Bonchev–Trinajstić information content (AvgIpc) is 3.54. The number of amides is 2. The van der Waals surface area contributed by atoms with Gasteiger partial charge >= 0.3 is 0 Å². The minimum absolute atomic E-state index is 0.0293. The predicted octanol–water partition coefficient (Wildman–Crippen LogP) is 2.82. The Bertz CT molecular complexity index is 988. The van der Waals surface area contributed by atoms with Gasteiger partial charge in [-0.25, -0.2) is 4.39 Å². The number of halogens is 1. The van der Waals surface area contributed by atoms with Gasteiger partial charge in [-0.1, -0.05) is 38.3 Å². The molecule has 0 aromatic heterocycles. The van der Waals surface area contributed by atoms with Gasteiger partial charge in [0.15, 0.2) is 0 Å². The maximum absolute atomic E-state index is 13.7. The van der Waals surface area contributed by atoms with Crippen LogP contribution in [-0.4, -0.2) is 70.3 Å². The van der Waals surface area contributed by atoms with E-state index in [2.05, 4.69) is 15.9 Å². The largest absolute Gasteiger partial charge is 0.330 e. The Morgan fingerprint density at radius 1 is 1.17 bits per heavy atom. The van der Waals surface area contributed by atoms with Crippen LogP contribution in [0.4, 0.5) is 4.39 Å². The van der Waals surface area contributed by atoms with Crippen molar-refractivity contribution >= 4 is 11.8 Å². The summed E-state index contributed by atoms with van der Waals surface area (Å²) in [6, 6.07) is 7.50. The highest BCUT2D eigenvalue weighted by atomic mass is 19.1. The van der Waals surface area contributed by atoms with Crippen LogP contribution in [0.15, 0.2) is 24.3 Å². The molecule has 2 amide bonds. The number of fused-ring (bicyclic) bond motifs is 2. The summed E-state index contributed by atoms with van der Waals surface area (Å²) in [5, 5.41) is 9.42. The van der Waals surface area contributed by atoms with Crippen LogP contribution in [0.2, 0.25) is 0 Å². The molecule has 6 atom stereocenters.